The van der Waals surface area contributed by atoms with Gasteiger partial charge in [-0.15, -0.1) is 0 Å². The van der Waals surface area contributed by atoms with E-state index < -0.39 is 18.4 Å². The molecule has 0 radical (unpaired) electrons. The molecule has 0 bridgehead atoms. The van der Waals surface area contributed by atoms with Crippen molar-refractivity contribution in [3.63, 3.8) is 0 Å². The van der Waals surface area contributed by atoms with E-state index in [0.717, 1.165) is 0 Å². The van der Waals surface area contributed by atoms with Crippen LogP contribution in [0.1, 0.15) is 193 Å². The summed E-state index contributed by atoms with van der Waals surface area (Å²) in [5.74, 6) is 0. The Morgan fingerprint density at radius 2 is 0.784 bits per heavy atom. The molecule has 0 saturated heterocycles. The molecule has 0 atom stereocenters. The zero-order valence-electron chi connectivity index (χ0n) is 25.6. The fraction of sp³-hybridized carbons (Fsp3) is 0.944. The summed E-state index contributed by atoms with van der Waals surface area (Å²) in [5, 5.41) is 0. The van der Waals surface area contributed by atoms with Crippen molar-refractivity contribution in [3.05, 3.63) is 12.2 Å². The van der Waals surface area contributed by atoms with Crippen LogP contribution in [0.4, 0.5) is 0 Å². The first-order valence-corrected chi connectivity index (χ1v) is 25.0. The van der Waals surface area contributed by atoms with Crippen LogP contribution in [0.3, 0.4) is 0 Å². The van der Waals surface area contributed by atoms with Gasteiger partial charge < -0.3 is 0 Å². The average Bonchev–Trinajstić information content (AvgIpc) is 2.96. The van der Waals surface area contributed by atoms with Gasteiger partial charge >= 0.3 is 201 Å². The van der Waals surface area contributed by atoms with Gasteiger partial charge in [-0.1, -0.05) is 39.0 Å². The summed E-state index contributed by atoms with van der Waals surface area (Å²) in [4.78, 5) is 0. The van der Waals surface area contributed by atoms with E-state index in [-0.39, 0.29) is 0 Å². The van der Waals surface area contributed by atoms with Gasteiger partial charge in [-0.3, -0.25) is 0 Å². The number of hydrogen-bond acceptors (Lipinski definition) is 0. The molecule has 216 valence electrons. The molecule has 0 aromatic heterocycles. The second-order valence-electron chi connectivity index (χ2n) is 13.8. The van der Waals surface area contributed by atoms with Gasteiger partial charge in [0.1, 0.15) is 0 Å². The average molecular weight is 620 g/mol. The number of rotatable bonds is 19. The van der Waals surface area contributed by atoms with Crippen molar-refractivity contribution in [2.45, 2.75) is 209 Å². The summed E-state index contributed by atoms with van der Waals surface area (Å²) < 4.78 is 5.68. The quantitative estimate of drug-likeness (QED) is 0.0767. The van der Waals surface area contributed by atoms with E-state index in [1.807, 2.05) is 4.44 Å². The summed E-state index contributed by atoms with van der Waals surface area (Å²) in [7, 11) is 0. The standard InChI is InChI=1S/C18H35.3C6H11.Sn/c1-3-5-7-9-11-13-15-17-18-16-14-12-10-8-6-4-2;3*1-2-4-6-5-3-1;/h17-18H,1,3-16H2,2H3;3*1H,2-6H2;. The number of allylic oxidation sites excluding steroid dienone is 2. The molecule has 0 unspecified atom stereocenters. The van der Waals surface area contributed by atoms with Crippen LogP contribution in [0, 0.1) is 0 Å². The second-order valence-corrected chi connectivity index (χ2v) is 28.6. The van der Waals surface area contributed by atoms with Gasteiger partial charge in [-0.05, 0) is 0 Å². The van der Waals surface area contributed by atoms with Crippen LogP contribution in [0.15, 0.2) is 12.2 Å². The van der Waals surface area contributed by atoms with E-state index in [1.165, 1.54) is 88.9 Å². The van der Waals surface area contributed by atoms with E-state index in [2.05, 4.69) is 19.1 Å². The molecule has 0 amide bonds. The molecular formula is C36H68Sn. The van der Waals surface area contributed by atoms with Gasteiger partial charge in [0.15, 0.2) is 0 Å². The molecule has 0 aromatic carbocycles. The molecular weight excluding hydrogens is 551 g/mol. The van der Waals surface area contributed by atoms with Gasteiger partial charge in [0, 0.05) is 0 Å². The predicted molar refractivity (Wildman–Crippen MR) is 171 cm³/mol. The molecule has 0 N–H and O–H groups in total. The minimum atomic E-state index is -2.21. The third-order valence-corrected chi connectivity index (χ3v) is 32.7. The Kier molecular flexibility index (Phi) is 17.7. The Morgan fingerprint density at radius 1 is 0.432 bits per heavy atom. The Bertz CT molecular complexity index is 501. The van der Waals surface area contributed by atoms with Crippen molar-refractivity contribution in [3.8, 4) is 0 Å². The van der Waals surface area contributed by atoms with Crippen LogP contribution in [-0.4, -0.2) is 18.4 Å². The van der Waals surface area contributed by atoms with E-state index in [4.69, 9.17) is 0 Å². The fourth-order valence-electron chi connectivity index (χ4n) is 9.21. The molecule has 0 aliphatic heterocycles. The molecule has 0 heterocycles. The molecule has 1 heteroatoms. The van der Waals surface area contributed by atoms with Crippen molar-refractivity contribution in [1.82, 2.24) is 0 Å². The maximum atomic E-state index is 2.49. The molecule has 3 aliphatic rings. The van der Waals surface area contributed by atoms with Crippen molar-refractivity contribution in [2.24, 2.45) is 0 Å². The van der Waals surface area contributed by atoms with E-state index in [9.17, 15) is 0 Å². The van der Waals surface area contributed by atoms with Gasteiger partial charge in [-0.2, -0.15) is 0 Å². The van der Waals surface area contributed by atoms with E-state index in [0.29, 0.717) is 0 Å². The Labute approximate surface area is 238 Å². The van der Waals surface area contributed by atoms with Crippen molar-refractivity contribution < 1.29 is 0 Å². The molecule has 3 rings (SSSR count). The van der Waals surface area contributed by atoms with Crippen molar-refractivity contribution in [2.75, 3.05) is 0 Å². The van der Waals surface area contributed by atoms with Crippen LogP contribution in [0.25, 0.3) is 0 Å². The molecule has 0 nitrogen and oxygen atoms in total. The molecule has 3 aliphatic carbocycles. The first-order valence-electron chi connectivity index (χ1n) is 18.0. The Balaban J connectivity index is 1.36. The van der Waals surface area contributed by atoms with Crippen LogP contribution in [0.2, 0.25) is 16.2 Å². The first kappa shape index (κ1) is 32.1. The van der Waals surface area contributed by atoms with Crippen LogP contribution in [-0.2, 0) is 0 Å². The minimum absolute atomic E-state index is 1.29. The van der Waals surface area contributed by atoms with Crippen LogP contribution >= 0.6 is 0 Å². The Morgan fingerprint density at radius 3 is 1.19 bits per heavy atom. The molecule has 3 fully saturated rings. The summed E-state index contributed by atoms with van der Waals surface area (Å²) in [5.41, 5.74) is 0. The van der Waals surface area contributed by atoms with Crippen LogP contribution < -0.4 is 0 Å². The second kappa shape index (κ2) is 20.4. The third kappa shape index (κ3) is 11.5. The molecule has 3 saturated carbocycles. The topological polar surface area (TPSA) is 0 Å². The fourth-order valence-corrected chi connectivity index (χ4v) is 33.6. The monoisotopic (exact) mass is 620 g/mol. The van der Waals surface area contributed by atoms with E-state index >= 15 is 0 Å². The maximum absolute atomic E-state index is 2.49. The third-order valence-electron chi connectivity index (χ3n) is 11.2. The van der Waals surface area contributed by atoms with Gasteiger partial charge in [0.25, 0.3) is 0 Å². The van der Waals surface area contributed by atoms with Crippen LogP contribution in [0.5, 0.6) is 0 Å². The molecule has 0 aromatic rings. The number of hydrogen-bond donors (Lipinski definition) is 0. The van der Waals surface area contributed by atoms with Gasteiger partial charge in [0.05, 0.1) is 0 Å². The zero-order chi connectivity index (χ0) is 25.9. The molecule has 37 heavy (non-hydrogen) atoms. The van der Waals surface area contributed by atoms with Gasteiger partial charge in [-0.25, -0.2) is 0 Å². The van der Waals surface area contributed by atoms with Crippen molar-refractivity contribution in [1.29, 1.82) is 0 Å². The summed E-state index contributed by atoms with van der Waals surface area (Å²) in [6.07, 6.45) is 49.6. The Hall–Kier alpha value is 0.539. The normalized spacial score (nSPS) is 21.2. The summed E-state index contributed by atoms with van der Waals surface area (Å²) in [6.45, 7) is 2.31. The number of unbranched alkanes of at least 4 members (excludes halogenated alkanes) is 12. The summed E-state index contributed by atoms with van der Waals surface area (Å²) in [6, 6.07) is 0. The SMILES string of the molecule is CCCCCCCCC=CCCCCCCC[CH2][Sn]([CH]1CCCCC1)([CH]1CCCCC1)[CH]1CCCCC1. The van der Waals surface area contributed by atoms with Gasteiger partial charge in [0.2, 0.25) is 0 Å². The van der Waals surface area contributed by atoms with E-state index in [1.54, 1.807) is 109 Å². The first-order chi connectivity index (χ1) is 18.4. The summed E-state index contributed by atoms with van der Waals surface area (Å²) >= 11 is -2.21. The molecule has 0 spiro atoms. The zero-order valence-corrected chi connectivity index (χ0v) is 28.5. The van der Waals surface area contributed by atoms with Crippen molar-refractivity contribution >= 4 is 18.4 Å². The predicted octanol–water partition coefficient (Wildman–Crippen LogP) is 13.5.